The van der Waals surface area contributed by atoms with Crippen molar-refractivity contribution in [3.63, 3.8) is 0 Å². The van der Waals surface area contributed by atoms with E-state index >= 15 is 0 Å². The molecule has 1 saturated heterocycles. The number of nitrogens with zero attached hydrogens (tertiary/aromatic N) is 2. The Kier molecular flexibility index (Phi) is 7.81. The summed E-state index contributed by atoms with van der Waals surface area (Å²) in [6, 6.07) is 8.78. The monoisotopic (exact) mass is 359 g/mol. The summed E-state index contributed by atoms with van der Waals surface area (Å²) in [5.74, 6) is 0.476. The molecule has 4 nitrogen and oxygen atoms in total. The van der Waals surface area contributed by atoms with E-state index in [4.69, 9.17) is 0 Å². The number of anilines is 1. The number of likely N-dealkylation sites (N-methyl/N-ethyl adjacent to an activating group) is 1. The Morgan fingerprint density at radius 3 is 2.70 bits per heavy atom. The van der Waals surface area contributed by atoms with E-state index in [9.17, 15) is 4.79 Å². The quantitative estimate of drug-likeness (QED) is 0.837. The molecule has 0 radical (unpaired) electrons. The lowest BCUT2D eigenvalue weighted by Gasteiger charge is -2.32. The Hall–Kier alpha value is -0.810. The van der Waals surface area contributed by atoms with Crippen LogP contribution < -0.4 is 10.2 Å². The number of halogens is 2. The molecule has 0 spiro atoms. The van der Waals surface area contributed by atoms with Crippen LogP contribution in [0.15, 0.2) is 24.3 Å². The lowest BCUT2D eigenvalue weighted by molar-refractivity contribution is -0.123. The second kappa shape index (κ2) is 8.88. The number of carbonyl (C=O) groups excluding carboxylic acids is 1. The summed E-state index contributed by atoms with van der Waals surface area (Å²) in [5.41, 5.74) is 2.37. The first kappa shape index (κ1) is 20.2. The number of hydrogen-bond donors (Lipinski definition) is 1. The third-order valence-corrected chi connectivity index (χ3v) is 4.67. The number of nitrogens with one attached hydrogen (secondary N) is 1. The molecule has 2 heterocycles. The summed E-state index contributed by atoms with van der Waals surface area (Å²) in [4.78, 5) is 17.3. The molecule has 23 heavy (non-hydrogen) atoms. The van der Waals surface area contributed by atoms with E-state index < -0.39 is 0 Å². The molecule has 0 bridgehead atoms. The van der Waals surface area contributed by atoms with Gasteiger partial charge < -0.3 is 15.1 Å². The maximum atomic E-state index is 13.0. The minimum Gasteiger partial charge on any atom is -0.314 e. The Bertz CT molecular complexity index is 526. The van der Waals surface area contributed by atoms with Gasteiger partial charge in [-0.1, -0.05) is 18.2 Å². The summed E-state index contributed by atoms with van der Waals surface area (Å²) >= 11 is 0. The number of piperidine rings is 1. The van der Waals surface area contributed by atoms with Crippen molar-refractivity contribution < 1.29 is 4.79 Å². The molecule has 0 saturated carbocycles. The molecule has 0 aromatic heterocycles. The Morgan fingerprint density at radius 1 is 1.22 bits per heavy atom. The Balaban J connectivity index is 0.00000132. The smallest absolute Gasteiger partial charge is 0.230 e. The zero-order valence-corrected chi connectivity index (χ0v) is 15.5. The van der Waals surface area contributed by atoms with Crippen molar-refractivity contribution in [1.82, 2.24) is 10.2 Å². The van der Waals surface area contributed by atoms with Gasteiger partial charge >= 0.3 is 0 Å². The maximum absolute atomic E-state index is 13.0. The van der Waals surface area contributed by atoms with Gasteiger partial charge in [-0.3, -0.25) is 4.79 Å². The van der Waals surface area contributed by atoms with Crippen molar-refractivity contribution in [2.24, 2.45) is 5.92 Å². The average molecular weight is 360 g/mol. The van der Waals surface area contributed by atoms with Crippen LogP contribution in [0.5, 0.6) is 0 Å². The number of fused-ring (bicyclic) bond motifs is 1. The van der Waals surface area contributed by atoms with Crippen LogP contribution in [0.2, 0.25) is 0 Å². The Morgan fingerprint density at radius 2 is 1.96 bits per heavy atom. The number of benzene rings is 1. The van der Waals surface area contributed by atoms with Crippen LogP contribution in [0.1, 0.15) is 25.3 Å². The van der Waals surface area contributed by atoms with Gasteiger partial charge in [0.25, 0.3) is 0 Å². The molecule has 1 amide bonds. The maximum Gasteiger partial charge on any atom is 0.230 e. The highest BCUT2D eigenvalue weighted by Crippen LogP contribution is 2.28. The lowest BCUT2D eigenvalue weighted by atomic mass is 9.91. The second-order valence-corrected chi connectivity index (χ2v) is 6.43. The van der Waals surface area contributed by atoms with E-state index in [1.165, 1.54) is 5.56 Å². The molecule has 3 rings (SSSR count). The van der Waals surface area contributed by atoms with Crippen LogP contribution >= 0.6 is 24.8 Å². The number of amides is 1. The number of carbonyl (C=O) groups is 1. The summed E-state index contributed by atoms with van der Waals surface area (Å²) in [6.45, 7) is 5.77. The molecule has 1 N–H and O–H groups in total. The standard InChI is InChI=1S/C17H25N3O.2ClH/c1-13-11-14(7-8-18-13)17(21)20-10-9-19(2)12-15-5-3-4-6-16(15)20;;/h3-6,13-14,18H,7-12H2,1-2H3;2*1H/t13-,14-;;/m0../s1. The molecule has 2 atom stereocenters. The molecule has 6 heteroatoms. The topological polar surface area (TPSA) is 35.6 Å². The van der Waals surface area contributed by atoms with E-state index in [1.807, 2.05) is 11.0 Å². The first-order chi connectivity index (χ1) is 10.1. The van der Waals surface area contributed by atoms with Crippen LogP contribution in [0, 0.1) is 5.92 Å². The van der Waals surface area contributed by atoms with Gasteiger partial charge in [-0.15, -0.1) is 24.8 Å². The zero-order chi connectivity index (χ0) is 14.8. The number of rotatable bonds is 1. The van der Waals surface area contributed by atoms with Gasteiger partial charge in [-0.05, 0) is 45.0 Å². The van der Waals surface area contributed by atoms with E-state index in [0.29, 0.717) is 11.9 Å². The van der Waals surface area contributed by atoms with Gasteiger partial charge in [0.1, 0.15) is 0 Å². The summed E-state index contributed by atoms with van der Waals surface area (Å²) < 4.78 is 0. The second-order valence-electron chi connectivity index (χ2n) is 6.43. The predicted molar refractivity (Wildman–Crippen MR) is 99.8 cm³/mol. The predicted octanol–water partition coefficient (Wildman–Crippen LogP) is 2.70. The van der Waals surface area contributed by atoms with Crippen molar-refractivity contribution in [1.29, 1.82) is 0 Å². The fraction of sp³-hybridized carbons (Fsp3) is 0.588. The van der Waals surface area contributed by atoms with Gasteiger partial charge in [-0.2, -0.15) is 0 Å². The molecule has 1 aromatic carbocycles. The first-order valence-electron chi connectivity index (χ1n) is 7.96. The van der Waals surface area contributed by atoms with Crippen LogP contribution in [0.3, 0.4) is 0 Å². The molecular weight excluding hydrogens is 333 g/mol. The van der Waals surface area contributed by atoms with Gasteiger partial charge in [-0.25, -0.2) is 0 Å². The van der Waals surface area contributed by atoms with E-state index in [2.05, 4.69) is 42.4 Å². The van der Waals surface area contributed by atoms with Crippen molar-refractivity contribution in [3.8, 4) is 0 Å². The van der Waals surface area contributed by atoms with Gasteiger partial charge in [0.15, 0.2) is 0 Å². The Labute approximate surface area is 151 Å². The molecular formula is C17H27Cl2N3O. The van der Waals surface area contributed by atoms with Gasteiger partial charge in [0.05, 0.1) is 0 Å². The molecule has 130 valence electrons. The molecule has 0 unspecified atom stereocenters. The SMILES string of the molecule is C[C@H]1C[C@@H](C(=O)N2CCN(C)Cc3ccccc32)CCN1.Cl.Cl. The van der Waals surface area contributed by atoms with Crippen LogP contribution in [-0.2, 0) is 11.3 Å². The van der Waals surface area contributed by atoms with Crippen LogP contribution in [-0.4, -0.2) is 43.5 Å². The van der Waals surface area contributed by atoms with E-state index in [1.54, 1.807) is 0 Å². The van der Waals surface area contributed by atoms with Crippen LogP contribution in [0.25, 0.3) is 0 Å². The van der Waals surface area contributed by atoms with Gasteiger partial charge in [0, 0.05) is 37.3 Å². The highest BCUT2D eigenvalue weighted by atomic mass is 35.5. The fourth-order valence-corrected chi connectivity index (χ4v) is 3.47. The van der Waals surface area contributed by atoms with Crippen molar-refractivity contribution in [2.75, 3.05) is 31.6 Å². The first-order valence-corrected chi connectivity index (χ1v) is 7.96. The molecule has 1 aromatic rings. The van der Waals surface area contributed by atoms with Crippen molar-refractivity contribution >= 4 is 36.4 Å². The average Bonchev–Trinajstić information content (AvgIpc) is 2.65. The third kappa shape index (κ3) is 4.60. The number of para-hydroxylation sites is 1. The van der Waals surface area contributed by atoms with E-state index in [-0.39, 0.29) is 30.7 Å². The minimum absolute atomic E-state index is 0. The highest BCUT2D eigenvalue weighted by Gasteiger charge is 2.31. The summed E-state index contributed by atoms with van der Waals surface area (Å²) in [5, 5.41) is 3.43. The molecule has 0 aliphatic carbocycles. The zero-order valence-electron chi connectivity index (χ0n) is 13.8. The normalized spacial score (nSPS) is 24.7. The van der Waals surface area contributed by atoms with Crippen molar-refractivity contribution in [3.05, 3.63) is 29.8 Å². The fourth-order valence-electron chi connectivity index (χ4n) is 3.47. The third-order valence-electron chi connectivity index (χ3n) is 4.67. The lowest BCUT2D eigenvalue weighted by Crippen LogP contribution is -2.45. The minimum atomic E-state index is 0. The number of hydrogen-bond acceptors (Lipinski definition) is 3. The van der Waals surface area contributed by atoms with Crippen LogP contribution in [0.4, 0.5) is 5.69 Å². The molecule has 1 fully saturated rings. The molecule has 2 aliphatic rings. The summed E-state index contributed by atoms with van der Waals surface area (Å²) in [6.07, 6.45) is 1.91. The van der Waals surface area contributed by atoms with Crippen molar-refractivity contribution in [2.45, 2.75) is 32.4 Å². The highest BCUT2D eigenvalue weighted by molar-refractivity contribution is 5.96. The van der Waals surface area contributed by atoms with E-state index in [0.717, 1.165) is 44.7 Å². The molecule has 2 aliphatic heterocycles. The summed E-state index contributed by atoms with van der Waals surface area (Å²) in [7, 11) is 2.12. The largest absolute Gasteiger partial charge is 0.314 e. The van der Waals surface area contributed by atoms with Gasteiger partial charge in [0.2, 0.25) is 5.91 Å².